The summed E-state index contributed by atoms with van der Waals surface area (Å²) in [5.74, 6) is -3.35. The molecule has 226 valence electrons. The molecule has 0 aromatic carbocycles. The van der Waals surface area contributed by atoms with Gasteiger partial charge in [0.25, 0.3) is 5.91 Å². The van der Waals surface area contributed by atoms with Gasteiger partial charge in [0.05, 0.1) is 6.04 Å². The lowest BCUT2D eigenvalue weighted by Gasteiger charge is -2.38. The largest absolute Gasteiger partial charge is 0.411 e. The SMILES string of the molecule is CC(C)(C)C(NC(=O)NC(C)(C)C(F)(F)F)C(=O)N1CC2C(C1C(=O)NC(CC1CCC1)C(=O)C(N)=O)C2(C)C. The van der Waals surface area contributed by atoms with Crippen LogP contribution in [0.15, 0.2) is 0 Å². The van der Waals surface area contributed by atoms with E-state index in [0.29, 0.717) is 0 Å². The molecule has 5 amide bonds. The second-order valence-corrected chi connectivity index (χ2v) is 13.7. The van der Waals surface area contributed by atoms with Gasteiger partial charge in [-0.3, -0.25) is 19.2 Å². The summed E-state index contributed by atoms with van der Waals surface area (Å²) in [6, 6.07) is -4.53. The number of alkyl halides is 3. The molecule has 1 heterocycles. The second kappa shape index (κ2) is 10.5. The van der Waals surface area contributed by atoms with Crippen molar-refractivity contribution in [3.8, 4) is 0 Å². The van der Waals surface area contributed by atoms with Crippen molar-refractivity contribution < 1.29 is 37.1 Å². The highest BCUT2D eigenvalue weighted by Gasteiger charge is 2.70. The quantitative estimate of drug-likeness (QED) is 0.312. The lowest BCUT2D eigenvalue weighted by atomic mass is 9.80. The Morgan fingerprint density at radius 2 is 1.57 bits per heavy atom. The molecule has 10 nitrogen and oxygen atoms in total. The third-order valence-corrected chi connectivity index (χ3v) is 8.95. The Balaban J connectivity index is 1.83. The van der Waals surface area contributed by atoms with E-state index in [1.54, 1.807) is 20.8 Å². The van der Waals surface area contributed by atoms with Crippen LogP contribution in [0, 0.1) is 28.6 Å². The molecule has 3 aliphatic rings. The van der Waals surface area contributed by atoms with Gasteiger partial charge in [0.2, 0.25) is 17.6 Å². The molecule has 40 heavy (non-hydrogen) atoms. The molecule has 3 fully saturated rings. The van der Waals surface area contributed by atoms with E-state index >= 15 is 0 Å². The molecule has 2 saturated carbocycles. The van der Waals surface area contributed by atoms with Gasteiger partial charge in [0.1, 0.15) is 17.6 Å². The second-order valence-electron chi connectivity index (χ2n) is 13.7. The summed E-state index contributed by atoms with van der Waals surface area (Å²) in [4.78, 5) is 65.8. The molecule has 5 unspecified atom stereocenters. The van der Waals surface area contributed by atoms with Crippen molar-refractivity contribution in [2.24, 2.45) is 34.3 Å². The average Bonchev–Trinajstić information content (AvgIpc) is 3.10. The van der Waals surface area contributed by atoms with E-state index in [0.717, 1.165) is 33.1 Å². The van der Waals surface area contributed by atoms with Gasteiger partial charge in [0, 0.05) is 6.54 Å². The normalized spacial score (nSPS) is 25.6. The Morgan fingerprint density at radius 3 is 2.02 bits per heavy atom. The highest BCUT2D eigenvalue weighted by atomic mass is 19.4. The van der Waals surface area contributed by atoms with Gasteiger partial charge < -0.3 is 26.6 Å². The van der Waals surface area contributed by atoms with Crippen molar-refractivity contribution in [2.75, 3.05) is 6.54 Å². The molecule has 0 aromatic heterocycles. The van der Waals surface area contributed by atoms with Crippen molar-refractivity contribution in [3.05, 3.63) is 0 Å². The number of hydrogen-bond acceptors (Lipinski definition) is 5. The Morgan fingerprint density at radius 1 is 1.00 bits per heavy atom. The van der Waals surface area contributed by atoms with Crippen LogP contribution in [0.4, 0.5) is 18.0 Å². The number of nitrogens with two attached hydrogens (primary N) is 1. The van der Waals surface area contributed by atoms with E-state index in [2.05, 4.69) is 10.6 Å². The van der Waals surface area contributed by atoms with Crippen LogP contribution in [-0.4, -0.2) is 70.8 Å². The number of urea groups is 1. The number of rotatable bonds is 9. The fraction of sp³-hybridized carbons (Fsp3) is 0.815. The predicted octanol–water partition coefficient (Wildman–Crippen LogP) is 2.25. The van der Waals surface area contributed by atoms with Gasteiger partial charge in [-0.1, -0.05) is 53.9 Å². The molecule has 2 aliphatic carbocycles. The molecule has 0 radical (unpaired) electrons. The third-order valence-electron chi connectivity index (χ3n) is 8.95. The minimum atomic E-state index is -4.73. The molecule has 3 rings (SSSR count). The zero-order chi connectivity index (χ0) is 30.6. The lowest BCUT2D eigenvalue weighted by Crippen LogP contribution is -2.64. The molecular formula is C27H42F3N5O5. The lowest BCUT2D eigenvalue weighted by molar-refractivity contribution is -0.182. The Kier molecular flexibility index (Phi) is 8.33. The number of likely N-dealkylation sites (tertiary alicyclic amines) is 1. The van der Waals surface area contributed by atoms with E-state index in [9.17, 15) is 37.1 Å². The first-order valence-electron chi connectivity index (χ1n) is 13.7. The van der Waals surface area contributed by atoms with Crippen molar-refractivity contribution in [1.29, 1.82) is 0 Å². The molecule has 0 bridgehead atoms. The number of Topliss-reactive ketones (excluding diaryl/α,β-unsaturated/α-hetero) is 1. The van der Waals surface area contributed by atoms with Crippen molar-refractivity contribution in [1.82, 2.24) is 20.9 Å². The van der Waals surface area contributed by atoms with Crippen LogP contribution >= 0.6 is 0 Å². The van der Waals surface area contributed by atoms with Crippen LogP contribution in [0.1, 0.15) is 74.1 Å². The first kappa shape index (κ1) is 31.7. The van der Waals surface area contributed by atoms with E-state index < -0.39 is 64.8 Å². The number of piperidine rings is 1. The fourth-order valence-corrected chi connectivity index (χ4v) is 5.87. The summed E-state index contributed by atoms with van der Waals surface area (Å²) in [6.07, 6.45) is -1.72. The summed E-state index contributed by atoms with van der Waals surface area (Å²) in [5.41, 5.74) is 1.50. The topological polar surface area (TPSA) is 151 Å². The molecule has 1 aliphatic heterocycles. The number of primary amides is 1. The number of halogens is 3. The maximum atomic E-state index is 13.9. The number of ketones is 1. The highest BCUT2D eigenvalue weighted by Crippen LogP contribution is 2.65. The molecule has 13 heteroatoms. The van der Waals surface area contributed by atoms with Crippen molar-refractivity contribution in [3.63, 3.8) is 0 Å². The summed E-state index contributed by atoms with van der Waals surface area (Å²) in [6.45, 7) is 10.7. The van der Waals surface area contributed by atoms with Gasteiger partial charge >= 0.3 is 12.2 Å². The van der Waals surface area contributed by atoms with Gasteiger partial charge in [-0.05, 0) is 48.9 Å². The fourth-order valence-electron chi connectivity index (χ4n) is 5.87. The van der Waals surface area contributed by atoms with E-state index in [1.165, 1.54) is 4.90 Å². The summed E-state index contributed by atoms with van der Waals surface area (Å²) >= 11 is 0. The zero-order valence-electron chi connectivity index (χ0n) is 24.2. The number of nitrogens with zero attached hydrogens (tertiary/aromatic N) is 1. The van der Waals surface area contributed by atoms with E-state index in [1.807, 2.05) is 19.2 Å². The maximum Gasteiger partial charge on any atom is 0.411 e. The Labute approximate surface area is 232 Å². The molecule has 5 atom stereocenters. The van der Waals surface area contributed by atoms with Crippen LogP contribution in [-0.2, 0) is 19.2 Å². The number of carbonyl (C=O) groups is 5. The minimum absolute atomic E-state index is 0.0252. The van der Waals surface area contributed by atoms with E-state index in [4.69, 9.17) is 5.73 Å². The van der Waals surface area contributed by atoms with Gasteiger partial charge in [-0.15, -0.1) is 0 Å². The maximum absolute atomic E-state index is 13.9. The smallest absolute Gasteiger partial charge is 0.363 e. The van der Waals surface area contributed by atoms with Crippen LogP contribution < -0.4 is 21.7 Å². The standard InChI is InChI=1S/C27H42F3N5O5/c1-24(2,3)19(33-23(40)34-26(6,7)27(28,29)30)22(39)35-12-14-16(25(14,4)5)17(35)21(38)32-15(18(36)20(31)37)11-13-9-8-10-13/h13-17,19H,8-12H2,1-7H3,(H2,31,37)(H,32,38)(H2,33,34,40). The Hall–Kier alpha value is -2.86. The first-order chi connectivity index (χ1) is 18.1. The summed E-state index contributed by atoms with van der Waals surface area (Å²) < 4.78 is 40.0. The van der Waals surface area contributed by atoms with Crippen molar-refractivity contribution >= 4 is 29.5 Å². The van der Waals surface area contributed by atoms with Gasteiger partial charge in [0.15, 0.2) is 0 Å². The number of hydrogen-bond donors (Lipinski definition) is 4. The van der Waals surface area contributed by atoms with Crippen molar-refractivity contribution in [2.45, 2.75) is 104 Å². The van der Waals surface area contributed by atoms with Crippen LogP contribution in [0.25, 0.3) is 0 Å². The number of nitrogens with one attached hydrogen (secondary N) is 3. The molecule has 5 N–H and O–H groups in total. The predicted molar refractivity (Wildman–Crippen MR) is 139 cm³/mol. The molecular weight excluding hydrogens is 531 g/mol. The first-order valence-corrected chi connectivity index (χ1v) is 13.7. The average molecular weight is 574 g/mol. The van der Waals surface area contributed by atoms with Gasteiger partial charge in [-0.2, -0.15) is 13.2 Å². The van der Waals surface area contributed by atoms with Crippen LogP contribution in [0.3, 0.4) is 0 Å². The number of fused-ring (bicyclic) bond motifs is 1. The number of carbonyl (C=O) groups excluding carboxylic acids is 5. The molecule has 1 saturated heterocycles. The van der Waals surface area contributed by atoms with Gasteiger partial charge in [-0.25, -0.2) is 4.79 Å². The monoisotopic (exact) mass is 573 g/mol. The minimum Gasteiger partial charge on any atom is -0.363 e. The highest BCUT2D eigenvalue weighted by molar-refractivity contribution is 6.37. The third kappa shape index (κ3) is 6.22. The summed E-state index contributed by atoms with van der Waals surface area (Å²) in [7, 11) is 0. The molecule has 0 aromatic rings. The Bertz CT molecular complexity index is 1060. The van der Waals surface area contributed by atoms with Crippen LogP contribution in [0.5, 0.6) is 0 Å². The van der Waals surface area contributed by atoms with E-state index in [-0.39, 0.29) is 36.1 Å². The number of amides is 5. The zero-order valence-corrected chi connectivity index (χ0v) is 24.2. The molecule has 0 spiro atoms. The summed E-state index contributed by atoms with van der Waals surface area (Å²) in [5, 5.41) is 6.96. The van der Waals surface area contributed by atoms with Crippen LogP contribution in [0.2, 0.25) is 0 Å².